The van der Waals surface area contributed by atoms with E-state index in [1.807, 2.05) is 24.3 Å². The number of ether oxygens (including phenoxy) is 1. The van der Waals surface area contributed by atoms with E-state index < -0.39 is 6.10 Å². The van der Waals surface area contributed by atoms with Gasteiger partial charge in [-0.1, -0.05) is 12.1 Å². The third kappa shape index (κ3) is 3.70. The molecule has 1 fully saturated rings. The van der Waals surface area contributed by atoms with Gasteiger partial charge in [0.25, 0.3) is 0 Å². The lowest BCUT2D eigenvalue weighted by molar-refractivity contribution is 0.0300. The molecule has 0 aliphatic carbocycles. The quantitative estimate of drug-likeness (QED) is 0.766. The molecule has 0 aromatic heterocycles. The summed E-state index contributed by atoms with van der Waals surface area (Å²) in [5, 5.41) is 10.0. The molecule has 17 heavy (non-hydrogen) atoms. The Morgan fingerprint density at radius 1 is 1.24 bits per heavy atom. The largest absolute Gasteiger partial charge is 0.399 e. The summed E-state index contributed by atoms with van der Waals surface area (Å²) in [6.45, 7) is 4.45. The first kappa shape index (κ1) is 12.4. The molecule has 0 saturated carbocycles. The van der Waals surface area contributed by atoms with Crippen LogP contribution in [-0.2, 0) is 4.74 Å². The topological polar surface area (TPSA) is 58.7 Å². The molecule has 1 aromatic rings. The van der Waals surface area contributed by atoms with Gasteiger partial charge < -0.3 is 15.6 Å². The second kappa shape index (κ2) is 6.00. The smallest absolute Gasteiger partial charge is 0.0802 e. The molecule has 0 spiro atoms. The van der Waals surface area contributed by atoms with E-state index in [2.05, 4.69) is 4.90 Å². The molecule has 0 radical (unpaired) electrons. The highest BCUT2D eigenvalue weighted by atomic mass is 16.5. The van der Waals surface area contributed by atoms with Gasteiger partial charge in [0, 0.05) is 25.3 Å². The van der Waals surface area contributed by atoms with E-state index in [1.165, 1.54) is 0 Å². The van der Waals surface area contributed by atoms with Crippen molar-refractivity contribution in [1.29, 1.82) is 0 Å². The summed E-state index contributed by atoms with van der Waals surface area (Å²) in [5.41, 5.74) is 7.28. The summed E-state index contributed by atoms with van der Waals surface area (Å²) in [5.74, 6) is 0. The molecule has 0 amide bonds. The first-order valence-corrected chi connectivity index (χ1v) is 6.09. The summed E-state index contributed by atoms with van der Waals surface area (Å²) >= 11 is 0. The van der Waals surface area contributed by atoms with Crippen molar-refractivity contribution < 1.29 is 9.84 Å². The normalized spacial score (nSPS) is 19.1. The van der Waals surface area contributed by atoms with Crippen molar-refractivity contribution in [2.24, 2.45) is 0 Å². The first-order valence-electron chi connectivity index (χ1n) is 6.09. The number of rotatable bonds is 4. The van der Waals surface area contributed by atoms with Crippen molar-refractivity contribution in [1.82, 2.24) is 4.90 Å². The van der Waals surface area contributed by atoms with Gasteiger partial charge >= 0.3 is 0 Å². The molecule has 1 aliphatic heterocycles. The monoisotopic (exact) mass is 236 g/mol. The van der Waals surface area contributed by atoms with E-state index >= 15 is 0 Å². The molecule has 1 atom stereocenters. The van der Waals surface area contributed by atoms with Crippen molar-refractivity contribution in [3.63, 3.8) is 0 Å². The molecule has 1 heterocycles. The number of nitrogen functional groups attached to an aromatic ring is 1. The highest BCUT2D eigenvalue weighted by molar-refractivity contribution is 5.39. The number of aliphatic hydroxyl groups is 1. The lowest BCUT2D eigenvalue weighted by atomic mass is 10.1. The molecule has 94 valence electrons. The molecule has 0 bridgehead atoms. The molecular formula is C13H20N2O2. The summed E-state index contributed by atoms with van der Waals surface area (Å²) in [6, 6.07) is 7.43. The minimum Gasteiger partial charge on any atom is -0.399 e. The zero-order valence-electron chi connectivity index (χ0n) is 10.0. The van der Waals surface area contributed by atoms with E-state index in [0.717, 1.165) is 50.5 Å². The predicted molar refractivity (Wildman–Crippen MR) is 67.7 cm³/mol. The van der Waals surface area contributed by atoms with E-state index in [-0.39, 0.29) is 0 Å². The standard InChI is InChI=1S/C13H20N2O2/c14-12-3-1-11(2-4-12)13(16)5-6-15-7-9-17-10-8-15/h1-4,13,16H,5-10,14H2/t13-/m1/s1. The molecule has 0 unspecified atom stereocenters. The fourth-order valence-electron chi connectivity index (χ4n) is 2.01. The molecule has 4 nitrogen and oxygen atoms in total. The Bertz CT molecular complexity index is 334. The van der Waals surface area contributed by atoms with Crippen molar-refractivity contribution in [2.75, 3.05) is 38.6 Å². The van der Waals surface area contributed by atoms with E-state index in [4.69, 9.17) is 10.5 Å². The fourth-order valence-corrected chi connectivity index (χ4v) is 2.01. The average molecular weight is 236 g/mol. The third-order valence-electron chi connectivity index (χ3n) is 3.14. The highest BCUT2D eigenvalue weighted by Gasteiger charge is 2.13. The SMILES string of the molecule is Nc1ccc([C@H](O)CCN2CCOCC2)cc1. The Hall–Kier alpha value is -1.10. The van der Waals surface area contributed by atoms with Gasteiger partial charge in [-0.25, -0.2) is 0 Å². The number of aliphatic hydroxyl groups excluding tert-OH is 1. The second-order valence-corrected chi connectivity index (χ2v) is 4.43. The summed E-state index contributed by atoms with van der Waals surface area (Å²) in [6.07, 6.45) is 0.350. The number of benzene rings is 1. The molecule has 2 rings (SSSR count). The maximum atomic E-state index is 10.0. The summed E-state index contributed by atoms with van der Waals surface area (Å²) in [4.78, 5) is 2.32. The van der Waals surface area contributed by atoms with E-state index in [9.17, 15) is 5.11 Å². The lowest BCUT2D eigenvalue weighted by Gasteiger charge is -2.27. The maximum Gasteiger partial charge on any atom is 0.0802 e. The van der Waals surface area contributed by atoms with Gasteiger partial charge in [0.05, 0.1) is 19.3 Å². The Balaban J connectivity index is 1.80. The van der Waals surface area contributed by atoms with Crippen LogP contribution in [0.15, 0.2) is 24.3 Å². The number of anilines is 1. The van der Waals surface area contributed by atoms with Crippen LogP contribution in [0.25, 0.3) is 0 Å². The van der Waals surface area contributed by atoms with Gasteiger partial charge in [-0.05, 0) is 24.1 Å². The first-order chi connectivity index (χ1) is 8.25. The van der Waals surface area contributed by atoms with Crippen molar-refractivity contribution in [2.45, 2.75) is 12.5 Å². The Morgan fingerprint density at radius 2 is 1.88 bits per heavy atom. The maximum absolute atomic E-state index is 10.0. The fraction of sp³-hybridized carbons (Fsp3) is 0.538. The van der Waals surface area contributed by atoms with Crippen LogP contribution in [-0.4, -0.2) is 42.9 Å². The van der Waals surface area contributed by atoms with Crippen LogP contribution in [0.5, 0.6) is 0 Å². The van der Waals surface area contributed by atoms with Crippen LogP contribution in [0.3, 0.4) is 0 Å². The van der Waals surface area contributed by atoms with Crippen molar-refractivity contribution in [3.8, 4) is 0 Å². The van der Waals surface area contributed by atoms with Crippen LogP contribution in [0.2, 0.25) is 0 Å². The average Bonchev–Trinajstić information content (AvgIpc) is 2.38. The molecule has 4 heteroatoms. The zero-order valence-corrected chi connectivity index (χ0v) is 10.0. The predicted octanol–water partition coefficient (Wildman–Crippen LogP) is 1.02. The van der Waals surface area contributed by atoms with Crippen LogP contribution < -0.4 is 5.73 Å². The van der Waals surface area contributed by atoms with E-state index in [1.54, 1.807) is 0 Å². The Labute approximate surface area is 102 Å². The van der Waals surface area contributed by atoms with Gasteiger partial charge in [0.2, 0.25) is 0 Å². The van der Waals surface area contributed by atoms with Crippen molar-refractivity contribution in [3.05, 3.63) is 29.8 Å². The molecule has 1 aliphatic rings. The van der Waals surface area contributed by atoms with Gasteiger partial charge in [0.15, 0.2) is 0 Å². The van der Waals surface area contributed by atoms with Crippen LogP contribution >= 0.6 is 0 Å². The zero-order chi connectivity index (χ0) is 12.1. The second-order valence-electron chi connectivity index (χ2n) is 4.43. The third-order valence-corrected chi connectivity index (χ3v) is 3.14. The minimum absolute atomic E-state index is 0.404. The van der Waals surface area contributed by atoms with Crippen LogP contribution in [0.1, 0.15) is 18.1 Å². The number of hydrogen-bond donors (Lipinski definition) is 2. The van der Waals surface area contributed by atoms with E-state index in [0.29, 0.717) is 0 Å². The lowest BCUT2D eigenvalue weighted by Crippen LogP contribution is -2.37. The van der Waals surface area contributed by atoms with Gasteiger partial charge in [-0.15, -0.1) is 0 Å². The molecular weight excluding hydrogens is 216 g/mol. The van der Waals surface area contributed by atoms with Crippen LogP contribution in [0, 0.1) is 0 Å². The Kier molecular flexibility index (Phi) is 4.36. The number of hydrogen-bond acceptors (Lipinski definition) is 4. The van der Waals surface area contributed by atoms with Crippen LogP contribution in [0.4, 0.5) is 5.69 Å². The number of nitrogens with two attached hydrogens (primary N) is 1. The number of nitrogens with zero attached hydrogens (tertiary/aromatic N) is 1. The van der Waals surface area contributed by atoms with Gasteiger partial charge in [-0.3, -0.25) is 4.90 Å². The molecule has 3 N–H and O–H groups in total. The van der Waals surface area contributed by atoms with Gasteiger partial charge in [-0.2, -0.15) is 0 Å². The summed E-state index contributed by atoms with van der Waals surface area (Å²) in [7, 11) is 0. The minimum atomic E-state index is -0.404. The summed E-state index contributed by atoms with van der Waals surface area (Å²) < 4.78 is 5.29. The highest BCUT2D eigenvalue weighted by Crippen LogP contribution is 2.18. The number of morpholine rings is 1. The van der Waals surface area contributed by atoms with Crippen molar-refractivity contribution >= 4 is 5.69 Å². The molecule has 1 saturated heterocycles. The Morgan fingerprint density at radius 3 is 2.53 bits per heavy atom. The van der Waals surface area contributed by atoms with Gasteiger partial charge in [0.1, 0.15) is 0 Å². The molecule has 1 aromatic carbocycles.